The van der Waals surface area contributed by atoms with Crippen LogP contribution in [0, 0.1) is 6.92 Å². The largest absolute Gasteiger partial charge is 0.464 e. The van der Waals surface area contributed by atoms with Crippen LogP contribution in [0.4, 0.5) is 0 Å². The number of carbonyl (C=O) groups is 1. The third-order valence-corrected chi connectivity index (χ3v) is 3.25. The minimum absolute atomic E-state index is 0.171. The number of hydrogen-bond acceptors (Lipinski definition) is 2. The van der Waals surface area contributed by atoms with Crippen LogP contribution in [0.2, 0.25) is 10.0 Å². The fourth-order valence-corrected chi connectivity index (χ4v) is 2.23. The Morgan fingerprint density at radius 2 is 2.00 bits per heavy atom. The Hall–Kier alpha value is -1.45. The molecule has 19 heavy (non-hydrogen) atoms. The van der Waals surface area contributed by atoms with Gasteiger partial charge in [-0.25, -0.2) is 0 Å². The first-order chi connectivity index (χ1) is 8.97. The lowest BCUT2D eigenvalue weighted by Gasteiger charge is -2.16. The number of nitrogens with zero attached hydrogens (tertiary/aromatic N) is 1. The summed E-state index contributed by atoms with van der Waals surface area (Å²) in [7, 11) is 1.70. The van der Waals surface area contributed by atoms with Crippen molar-refractivity contribution >= 4 is 29.1 Å². The molecule has 2 aromatic rings. The summed E-state index contributed by atoms with van der Waals surface area (Å²) < 4.78 is 5.44. The van der Waals surface area contributed by atoms with Gasteiger partial charge in [-0.3, -0.25) is 4.79 Å². The van der Waals surface area contributed by atoms with E-state index in [4.69, 9.17) is 27.6 Å². The molecule has 1 aromatic carbocycles. The third-order valence-electron chi connectivity index (χ3n) is 2.70. The van der Waals surface area contributed by atoms with E-state index in [0.29, 0.717) is 22.2 Å². The van der Waals surface area contributed by atoms with Crippen LogP contribution in [0.5, 0.6) is 0 Å². The van der Waals surface area contributed by atoms with E-state index >= 15 is 0 Å². The molecule has 5 heteroatoms. The zero-order valence-electron chi connectivity index (χ0n) is 10.6. The summed E-state index contributed by atoms with van der Waals surface area (Å²) in [5, 5.41) is 0.853. The second-order valence-corrected chi connectivity index (χ2v) is 5.14. The maximum Gasteiger partial charge on any atom is 0.255 e. The number of aryl methyl sites for hydroxylation is 1. The summed E-state index contributed by atoms with van der Waals surface area (Å²) in [5.74, 6) is 1.38. The van der Waals surface area contributed by atoms with Crippen molar-refractivity contribution < 1.29 is 9.21 Å². The molecule has 0 unspecified atom stereocenters. The highest BCUT2D eigenvalue weighted by Gasteiger charge is 2.16. The number of halogens is 2. The van der Waals surface area contributed by atoms with Gasteiger partial charge in [0.15, 0.2) is 0 Å². The van der Waals surface area contributed by atoms with Gasteiger partial charge in [0.25, 0.3) is 5.91 Å². The molecule has 0 saturated carbocycles. The monoisotopic (exact) mass is 297 g/mol. The van der Waals surface area contributed by atoms with Crippen LogP contribution in [-0.2, 0) is 6.54 Å². The van der Waals surface area contributed by atoms with Gasteiger partial charge >= 0.3 is 0 Å². The lowest BCUT2D eigenvalue weighted by molar-refractivity contribution is 0.0775. The van der Waals surface area contributed by atoms with Crippen LogP contribution in [0.1, 0.15) is 21.9 Å². The molecular formula is C14H13Cl2NO2. The van der Waals surface area contributed by atoms with Crippen LogP contribution < -0.4 is 0 Å². The van der Waals surface area contributed by atoms with Crippen molar-refractivity contribution in [3.63, 3.8) is 0 Å². The molecule has 1 heterocycles. The van der Waals surface area contributed by atoms with E-state index in [9.17, 15) is 4.79 Å². The second kappa shape index (κ2) is 5.68. The molecular weight excluding hydrogens is 285 g/mol. The van der Waals surface area contributed by atoms with Crippen molar-refractivity contribution in [3.8, 4) is 0 Å². The molecule has 0 radical (unpaired) electrons. The highest BCUT2D eigenvalue weighted by atomic mass is 35.5. The number of amides is 1. The van der Waals surface area contributed by atoms with Crippen LogP contribution in [0.15, 0.2) is 34.7 Å². The summed E-state index contributed by atoms with van der Waals surface area (Å²) >= 11 is 11.8. The van der Waals surface area contributed by atoms with Gasteiger partial charge < -0.3 is 9.32 Å². The fraction of sp³-hybridized carbons (Fsp3) is 0.214. The van der Waals surface area contributed by atoms with E-state index in [1.165, 1.54) is 0 Å². The van der Waals surface area contributed by atoms with Crippen LogP contribution in [0.3, 0.4) is 0 Å². The summed E-state index contributed by atoms with van der Waals surface area (Å²) in [6, 6.07) is 8.54. The summed E-state index contributed by atoms with van der Waals surface area (Å²) in [6.07, 6.45) is 0. The Morgan fingerprint density at radius 3 is 2.58 bits per heavy atom. The number of carbonyl (C=O) groups excluding carboxylic acids is 1. The minimum atomic E-state index is -0.171. The first-order valence-electron chi connectivity index (χ1n) is 5.73. The van der Waals surface area contributed by atoms with E-state index in [1.54, 1.807) is 30.1 Å². The van der Waals surface area contributed by atoms with Gasteiger partial charge in [-0.05, 0) is 37.3 Å². The minimum Gasteiger partial charge on any atom is -0.464 e. The first kappa shape index (κ1) is 14.0. The number of benzene rings is 1. The average Bonchev–Trinajstić information content (AvgIpc) is 2.74. The van der Waals surface area contributed by atoms with Crippen molar-refractivity contribution in [2.45, 2.75) is 13.5 Å². The van der Waals surface area contributed by atoms with Gasteiger partial charge in [0.1, 0.15) is 11.5 Å². The molecule has 0 saturated heterocycles. The molecule has 0 N–H and O–H groups in total. The molecule has 0 fully saturated rings. The van der Waals surface area contributed by atoms with Crippen LogP contribution in [0.25, 0.3) is 0 Å². The molecule has 0 atom stereocenters. The van der Waals surface area contributed by atoms with Crippen LogP contribution >= 0.6 is 23.2 Å². The van der Waals surface area contributed by atoms with Crippen molar-refractivity contribution in [1.82, 2.24) is 4.90 Å². The number of rotatable bonds is 3. The quantitative estimate of drug-likeness (QED) is 0.852. The molecule has 100 valence electrons. The van der Waals surface area contributed by atoms with Gasteiger partial charge in [-0.15, -0.1) is 0 Å². The van der Waals surface area contributed by atoms with E-state index in [0.717, 1.165) is 11.5 Å². The van der Waals surface area contributed by atoms with E-state index in [-0.39, 0.29) is 5.91 Å². The van der Waals surface area contributed by atoms with Gasteiger partial charge in [0.2, 0.25) is 0 Å². The SMILES string of the molecule is Cc1ccc(CN(C)C(=O)c2ccc(Cl)cc2Cl)o1. The number of hydrogen-bond donors (Lipinski definition) is 0. The Morgan fingerprint density at radius 1 is 1.26 bits per heavy atom. The highest BCUT2D eigenvalue weighted by molar-refractivity contribution is 6.36. The third kappa shape index (κ3) is 3.31. The molecule has 0 aliphatic carbocycles. The molecule has 0 aliphatic rings. The topological polar surface area (TPSA) is 33.5 Å². The number of furan rings is 1. The van der Waals surface area contributed by atoms with Crippen molar-refractivity contribution in [1.29, 1.82) is 0 Å². The lowest BCUT2D eigenvalue weighted by Crippen LogP contribution is -2.26. The van der Waals surface area contributed by atoms with Crippen LogP contribution in [-0.4, -0.2) is 17.9 Å². The Balaban J connectivity index is 2.14. The summed E-state index contributed by atoms with van der Waals surface area (Å²) in [5.41, 5.74) is 0.428. The Bertz CT molecular complexity index is 607. The maximum atomic E-state index is 12.2. The van der Waals surface area contributed by atoms with Gasteiger partial charge in [0, 0.05) is 12.1 Å². The van der Waals surface area contributed by atoms with Gasteiger partial charge in [-0.2, -0.15) is 0 Å². The summed E-state index contributed by atoms with van der Waals surface area (Å²) in [4.78, 5) is 13.8. The predicted octanol–water partition coefficient (Wildman–Crippen LogP) is 4.17. The molecule has 2 rings (SSSR count). The maximum absolute atomic E-state index is 12.2. The van der Waals surface area contributed by atoms with Gasteiger partial charge in [-0.1, -0.05) is 23.2 Å². The fourth-order valence-electron chi connectivity index (χ4n) is 1.74. The summed E-state index contributed by atoms with van der Waals surface area (Å²) in [6.45, 7) is 2.26. The molecule has 1 aromatic heterocycles. The average molecular weight is 298 g/mol. The first-order valence-corrected chi connectivity index (χ1v) is 6.49. The smallest absolute Gasteiger partial charge is 0.255 e. The highest BCUT2D eigenvalue weighted by Crippen LogP contribution is 2.22. The van der Waals surface area contributed by atoms with Crippen molar-refractivity contribution in [3.05, 3.63) is 57.5 Å². The van der Waals surface area contributed by atoms with E-state index < -0.39 is 0 Å². The normalized spacial score (nSPS) is 10.5. The Kier molecular flexibility index (Phi) is 4.17. The molecule has 1 amide bonds. The molecule has 3 nitrogen and oxygen atoms in total. The molecule has 0 bridgehead atoms. The Labute approximate surface area is 121 Å². The van der Waals surface area contributed by atoms with E-state index in [1.807, 2.05) is 19.1 Å². The second-order valence-electron chi connectivity index (χ2n) is 4.30. The van der Waals surface area contributed by atoms with Crippen molar-refractivity contribution in [2.24, 2.45) is 0 Å². The molecule has 0 spiro atoms. The predicted molar refractivity (Wildman–Crippen MR) is 75.7 cm³/mol. The zero-order valence-corrected chi connectivity index (χ0v) is 12.1. The van der Waals surface area contributed by atoms with E-state index in [2.05, 4.69) is 0 Å². The van der Waals surface area contributed by atoms with Gasteiger partial charge in [0.05, 0.1) is 17.1 Å². The van der Waals surface area contributed by atoms with Crippen molar-refractivity contribution in [2.75, 3.05) is 7.05 Å². The lowest BCUT2D eigenvalue weighted by atomic mass is 10.2. The standard InChI is InChI=1S/C14H13Cl2NO2/c1-9-3-5-11(19-9)8-17(2)14(18)12-6-4-10(15)7-13(12)16/h3-7H,8H2,1-2H3. The molecule has 0 aliphatic heterocycles. The zero-order chi connectivity index (χ0) is 14.0.